The Kier molecular flexibility index (Phi) is 6.75. The van der Waals surface area contributed by atoms with E-state index in [1.165, 1.54) is 0 Å². The molecule has 1 saturated heterocycles. The van der Waals surface area contributed by atoms with Gasteiger partial charge in [0.1, 0.15) is 11.5 Å². The largest absolute Gasteiger partial charge is 0.494 e. The minimum absolute atomic E-state index is 0.0355. The summed E-state index contributed by atoms with van der Waals surface area (Å²) in [6, 6.07) is 14.6. The van der Waals surface area contributed by atoms with Crippen LogP contribution >= 0.6 is 0 Å². The van der Waals surface area contributed by atoms with Crippen LogP contribution in [0.25, 0.3) is 0 Å². The second kappa shape index (κ2) is 9.86. The Bertz CT molecular complexity index is 906. The van der Waals surface area contributed by atoms with Crippen LogP contribution in [0.3, 0.4) is 0 Å². The van der Waals surface area contributed by atoms with Crippen LogP contribution in [0.5, 0.6) is 11.5 Å². The molecule has 2 aromatic rings. The summed E-state index contributed by atoms with van der Waals surface area (Å²) in [6.45, 7) is 4.51. The molecule has 31 heavy (non-hydrogen) atoms. The zero-order valence-electron chi connectivity index (χ0n) is 18.1. The maximum atomic E-state index is 13.4. The summed E-state index contributed by atoms with van der Waals surface area (Å²) in [5.41, 5.74) is 1.25. The van der Waals surface area contributed by atoms with Crippen molar-refractivity contribution in [3.05, 3.63) is 54.1 Å². The highest BCUT2D eigenvalue weighted by Crippen LogP contribution is 2.35. The summed E-state index contributed by atoms with van der Waals surface area (Å²) in [4.78, 5) is 30.0. The van der Waals surface area contributed by atoms with E-state index in [1.54, 1.807) is 17.0 Å². The molecule has 6 heteroatoms. The predicted octanol–water partition coefficient (Wildman–Crippen LogP) is 4.29. The van der Waals surface area contributed by atoms with Gasteiger partial charge in [0.05, 0.1) is 18.8 Å². The maximum absolute atomic E-state index is 13.4. The molecule has 2 aromatic carbocycles. The van der Waals surface area contributed by atoms with Crippen molar-refractivity contribution in [2.24, 2.45) is 0 Å². The van der Waals surface area contributed by atoms with Gasteiger partial charge >= 0.3 is 0 Å². The highest BCUT2D eigenvalue weighted by molar-refractivity contribution is 6.08. The first-order chi connectivity index (χ1) is 15.2. The number of fused-ring (bicyclic) bond motifs is 1. The molecule has 6 nitrogen and oxygen atoms in total. The SMILES string of the molecule is CCCCOc1ccc(C(=O)N2C[C@@H](C(=O)N3CCCCC3)Oc3ccccc32)cc1. The molecule has 2 aliphatic heterocycles. The molecule has 0 N–H and O–H groups in total. The molecule has 0 aromatic heterocycles. The fourth-order valence-electron chi connectivity index (χ4n) is 4.06. The van der Waals surface area contributed by atoms with Crippen LogP contribution in [0, 0.1) is 0 Å². The number of carbonyl (C=O) groups excluding carboxylic acids is 2. The third kappa shape index (κ3) is 4.84. The molecule has 2 amide bonds. The van der Waals surface area contributed by atoms with Crippen molar-refractivity contribution in [2.45, 2.75) is 45.1 Å². The number of unbranched alkanes of at least 4 members (excludes halogenated alkanes) is 1. The number of benzene rings is 2. The maximum Gasteiger partial charge on any atom is 0.265 e. The van der Waals surface area contributed by atoms with Crippen LogP contribution < -0.4 is 14.4 Å². The van der Waals surface area contributed by atoms with E-state index in [-0.39, 0.29) is 18.4 Å². The van der Waals surface area contributed by atoms with E-state index < -0.39 is 6.10 Å². The number of likely N-dealkylation sites (tertiary alicyclic amines) is 1. The molecular weight excluding hydrogens is 392 g/mol. The molecular formula is C25H30N2O4. The molecule has 0 unspecified atom stereocenters. The summed E-state index contributed by atoms with van der Waals surface area (Å²) in [7, 11) is 0. The minimum Gasteiger partial charge on any atom is -0.494 e. The number of rotatable bonds is 6. The summed E-state index contributed by atoms with van der Waals surface area (Å²) >= 11 is 0. The zero-order valence-corrected chi connectivity index (χ0v) is 18.1. The molecule has 0 saturated carbocycles. The molecule has 1 fully saturated rings. The summed E-state index contributed by atoms with van der Waals surface area (Å²) in [5.74, 6) is 1.14. The molecule has 2 aliphatic rings. The van der Waals surface area contributed by atoms with E-state index in [9.17, 15) is 9.59 Å². The number of carbonyl (C=O) groups is 2. The average molecular weight is 423 g/mol. The second-order valence-electron chi connectivity index (χ2n) is 8.10. The van der Waals surface area contributed by atoms with Crippen molar-refractivity contribution in [2.75, 3.05) is 31.1 Å². The minimum atomic E-state index is -0.686. The monoisotopic (exact) mass is 422 g/mol. The summed E-state index contributed by atoms with van der Waals surface area (Å²) in [5, 5.41) is 0. The fraction of sp³-hybridized carbons (Fsp3) is 0.440. The third-order valence-electron chi connectivity index (χ3n) is 5.83. The Hall–Kier alpha value is -3.02. The molecule has 0 radical (unpaired) electrons. The van der Waals surface area contributed by atoms with E-state index in [0.29, 0.717) is 23.6 Å². The van der Waals surface area contributed by atoms with Crippen LogP contribution in [0.15, 0.2) is 48.5 Å². The first-order valence-corrected chi connectivity index (χ1v) is 11.3. The van der Waals surface area contributed by atoms with Gasteiger partial charge in [-0.15, -0.1) is 0 Å². The van der Waals surface area contributed by atoms with Crippen molar-refractivity contribution in [1.29, 1.82) is 0 Å². The van der Waals surface area contributed by atoms with Gasteiger partial charge in [-0.2, -0.15) is 0 Å². The lowest BCUT2D eigenvalue weighted by Crippen LogP contribution is -2.52. The number of ether oxygens (including phenoxy) is 2. The van der Waals surface area contributed by atoms with Crippen molar-refractivity contribution in [1.82, 2.24) is 4.90 Å². The molecule has 0 aliphatic carbocycles. The van der Waals surface area contributed by atoms with Gasteiger partial charge in [-0.25, -0.2) is 0 Å². The Labute approximate surface area is 183 Å². The Morgan fingerprint density at radius 1 is 1.03 bits per heavy atom. The van der Waals surface area contributed by atoms with Gasteiger partial charge in [-0.3, -0.25) is 9.59 Å². The van der Waals surface area contributed by atoms with Crippen molar-refractivity contribution in [3.8, 4) is 11.5 Å². The van der Waals surface area contributed by atoms with Crippen LogP contribution in [-0.4, -0.2) is 49.1 Å². The van der Waals surface area contributed by atoms with Gasteiger partial charge in [0.15, 0.2) is 6.10 Å². The third-order valence-corrected chi connectivity index (χ3v) is 5.83. The van der Waals surface area contributed by atoms with Gasteiger partial charge in [-0.1, -0.05) is 25.5 Å². The lowest BCUT2D eigenvalue weighted by Gasteiger charge is -2.37. The quantitative estimate of drug-likeness (QED) is 0.652. The topological polar surface area (TPSA) is 59.1 Å². The van der Waals surface area contributed by atoms with Crippen molar-refractivity contribution < 1.29 is 19.1 Å². The molecule has 0 spiro atoms. The first kappa shape index (κ1) is 21.2. The fourth-order valence-corrected chi connectivity index (χ4v) is 4.06. The molecule has 4 rings (SSSR count). The van der Waals surface area contributed by atoms with Crippen LogP contribution in [0.4, 0.5) is 5.69 Å². The molecule has 1 atom stereocenters. The number of amides is 2. The number of piperidine rings is 1. The van der Waals surface area contributed by atoms with E-state index in [0.717, 1.165) is 50.9 Å². The molecule has 0 bridgehead atoms. The number of hydrogen-bond donors (Lipinski definition) is 0. The number of anilines is 1. The normalized spacial score (nSPS) is 18.2. The van der Waals surface area contributed by atoms with Gasteiger partial charge in [0, 0.05) is 18.7 Å². The van der Waals surface area contributed by atoms with Gasteiger partial charge in [0.2, 0.25) is 0 Å². The van der Waals surface area contributed by atoms with E-state index in [1.807, 2.05) is 41.3 Å². The van der Waals surface area contributed by atoms with E-state index in [4.69, 9.17) is 9.47 Å². The van der Waals surface area contributed by atoms with E-state index in [2.05, 4.69) is 6.92 Å². The Morgan fingerprint density at radius 3 is 2.52 bits per heavy atom. The highest BCUT2D eigenvalue weighted by atomic mass is 16.5. The number of hydrogen-bond acceptors (Lipinski definition) is 4. The van der Waals surface area contributed by atoms with Gasteiger partial charge in [0.25, 0.3) is 11.8 Å². The van der Waals surface area contributed by atoms with E-state index >= 15 is 0 Å². The van der Waals surface area contributed by atoms with Gasteiger partial charge in [-0.05, 0) is 62.1 Å². The standard InChI is InChI=1S/C25H30N2O4/c1-2-3-17-30-20-13-11-19(12-14-20)24(28)27-18-23(25(29)26-15-7-4-8-16-26)31-22-10-6-5-9-21(22)27/h5-6,9-14,23H,2-4,7-8,15-18H2,1H3/t23-/m0/s1. The molecule has 164 valence electrons. The Balaban J connectivity index is 1.53. The average Bonchev–Trinajstić information content (AvgIpc) is 2.83. The van der Waals surface area contributed by atoms with Crippen molar-refractivity contribution in [3.63, 3.8) is 0 Å². The molecule has 2 heterocycles. The van der Waals surface area contributed by atoms with Gasteiger partial charge < -0.3 is 19.3 Å². The first-order valence-electron chi connectivity index (χ1n) is 11.3. The summed E-state index contributed by atoms with van der Waals surface area (Å²) < 4.78 is 11.7. The Morgan fingerprint density at radius 2 is 1.77 bits per heavy atom. The lowest BCUT2D eigenvalue weighted by atomic mass is 10.1. The van der Waals surface area contributed by atoms with Crippen molar-refractivity contribution >= 4 is 17.5 Å². The van der Waals surface area contributed by atoms with Crippen LogP contribution in [0.1, 0.15) is 49.4 Å². The summed E-state index contributed by atoms with van der Waals surface area (Å²) in [6.07, 6.45) is 4.58. The highest BCUT2D eigenvalue weighted by Gasteiger charge is 2.36. The van der Waals surface area contributed by atoms with Crippen LogP contribution in [-0.2, 0) is 4.79 Å². The predicted molar refractivity (Wildman–Crippen MR) is 120 cm³/mol. The van der Waals surface area contributed by atoms with Crippen LogP contribution in [0.2, 0.25) is 0 Å². The number of nitrogens with zero attached hydrogens (tertiary/aromatic N) is 2. The lowest BCUT2D eigenvalue weighted by molar-refractivity contribution is -0.139. The number of para-hydroxylation sites is 2. The second-order valence-corrected chi connectivity index (χ2v) is 8.10. The zero-order chi connectivity index (χ0) is 21.6. The smallest absolute Gasteiger partial charge is 0.265 e.